The van der Waals surface area contributed by atoms with Crippen LogP contribution in [0.4, 0.5) is 10.1 Å². The summed E-state index contributed by atoms with van der Waals surface area (Å²) >= 11 is 0. The number of methoxy groups -OCH3 is 2. The highest BCUT2D eigenvalue weighted by atomic mass is 19.1. The van der Waals surface area contributed by atoms with Crippen molar-refractivity contribution in [1.82, 2.24) is 9.97 Å². The molecule has 2 rings (SSSR count). The van der Waals surface area contributed by atoms with Gasteiger partial charge in [0, 0.05) is 17.8 Å². The number of ether oxygens (including phenoxy) is 2. The van der Waals surface area contributed by atoms with Crippen molar-refractivity contribution in [3.8, 4) is 22.9 Å². The van der Waals surface area contributed by atoms with Gasteiger partial charge in [-0.3, -0.25) is 0 Å². The molecular formula is C13H14FN3O2. The van der Waals surface area contributed by atoms with Crippen LogP contribution in [0.25, 0.3) is 11.3 Å². The molecule has 0 aliphatic carbocycles. The number of hydrogen-bond acceptors (Lipinski definition) is 5. The first-order valence-electron chi connectivity index (χ1n) is 5.58. The number of nitrogens with zero attached hydrogens (tertiary/aromatic N) is 2. The number of pyridine rings is 2. The van der Waals surface area contributed by atoms with E-state index in [1.165, 1.54) is 20.4 Å². The Morgan fingerprint density at radius 1 is 1.21 bits per heavy atom. The summed E-state index contributed by atoms with van der Waals surface area (Å²) in [6, 6.07) is 3.30. The monoisotopic (exact) mass is 263 g/mol. The molecule has 0 amide bonds. The van der Waals surface area contributed by atoms with Crippen molar-refractivity contribution >= 4 is 5.69 Å². The second-order valence-corrected chi connectivity index (χ2v) is 3.90. The maximum atomic E-state index is 14.2. The lowest BCUT2D eigenvalue weighted by Crippen LogP contribution is -2.04. The molecule has 2 N–H and O–H groups in total. The maximum absolute atomic E-state index is 14.2. The zero-order valence-electron chi connectivity index (χ0n) is 10.9. The fraction of sp³-hybridized carbons (Fsp3) is 0.231. The molecule has 2 aromatic rings. The first kappa shape index (κ1) is 13.1. The second-order valence-electron chi connectivity index (χ2n) is 3.90. The summed E-state index contributed by atoms with van der Waals surface area (Å²) in [6.07, 6.45) is 1.48. The van der Waals surface area contributed by atoms with Gasteiger partial charge in [0.2, 0.25) is 5.88 Å². The lowest BCUT2D eigenvalue weighted by atomic mass is 10.1. The van der Waals surface area contributed by atoms with Crippen molar-refractivity contribution in [2.45, 2.75) is 6.92 Å². The van der Waals surface area contributed by atoms with Gasteiger partial charge in [-0.25, -0.2) is 14.4 Å². The van der Waals surface area contributed by atoms with Crippen LogP contribution in [0, 0.1) is 12.7 Å². The van der Waals surface area contributed by atoms with Crippen LogP contribution in [0.5, 0.6) is 11.6 Å². The normalized spacial score (nSPS) is 10.3. The molecule has 0 fully saturated rings. The van der Waals surface area contributed by atoms with Crippen LogP contribution in [0.15, 0.2) is 18.3 Å². The molecule has 100 valence electrons. The standard InChI is InChI=1S/C13H14FN3O2/c1-7-13(19-3)11(15)10(14)12(17-7)8-4-5-9(18-2)16-6-8/h4-6H,1-3H3,(H2,15,17). The SMILES string of the molecule is COc1ccc(-c2nc(C)c(OC)c(N)c2F)cn1. The van der Waals surface area contributed by atoms with Crippen LogP contribution in [0.3, 0.4) is 0 Å². The predicted molar refractivity (Wildman–Crippen MR) is 69.7 cm³/mol. The molecule has 6 heteroatoms. The van der Waals surface area contributed by atoms with Gasteiger partial charge in [-0.15, -0.1) is 0 Å². The van der Waals surface area contributed by atoms with Crippen LogP contribution in [0.1, 0.15) is 5.69 Å². The van der Waals surface area contributed by atoms with E-state index in [2.05, 4.69) is 9.97 Å². The number of aromatic nitrogens is 2. The Kier molecular flexibility index (Phi) is 3.50. The van der Waals surface area contributed by atoms with E-state index in [-0.39, 0.29) is 17.1 Å². The minimum absolute atomic E-state index is 0.0548. The van der Waals surface area contributed by atoms with Crippen molar-refractivity contribution in [1.29, 1.82) is 0 Å². The van der Waals surface area contributed by atoms with Gasteiger partial charge >= 0.3 is 0 Å². The summed E-state index contributed by atoms with van der Waals surface area (Å²) in [5, 5.41) is 0. The number of halogens is 1. The van der Waals surface area contributed by atoms with Crippen molar-refractivity contribution in [2.24, 2.45) is 0 Å². The Morgan fingerprint density at radius 2 is 1.95 bits per heavy atom. The van der Waals surface area contributed by atoms with E-state index in [9.17, 15) is 4.39 Å². The predicted octanol–water partition coefficient (Wildman–Crippen LogP) is 2.19. The molecule has 0 spiro atoms. The molecular weight excluding hydrogens is 249 g/mol. The van der Waals surface area contributed by atoms with Gasteiger partial charge < -0.3 is 15.2 Å². The first-order valence-corrected chi connectivity index (χ1v) is 5.58. The number of aryl methyl sites for hydroxylation is 1. The third-order valence-electron chi connectivity index (χ3n) is 2.72. The summed E-state index contributed by atoms with van der Waals surface area (Å²) in [7, 11) is 2.94. The first-order chi connectivity index (χ1) is 9.08. The summed E-state index contributed by atoms with van der Waals surface area (Å²) < 4.78 is 24.1. The molecule has 2 heterocycles. The van der Waals surface area contributed by atoms with E-state index in [1.54, 1.807) is 19.1 Å². The minimum Gasteiger partial charge on any atom is -0.493 e. The molecule has 0 saturated heterocycles. The second kappa shape index (κ2) is 5.09. The number of nitrogens with two attached hydrogens (primary N) is 1. The van der Waals surface area contributed by atoms with E-state index in [0.29, 0.717) is 17.1 Å². The average Bonchev–Trinajstić information content (AvgIpc) is 2.43. The zero-order valence-corrected chi connectivity index (χ0v) is 10.9. The van der Waals surface area contributed by atoms with Crippen LogP contribution >= 0.6 is 0 Å². The van der Waals surface area contributed by atoms with Gasteiger partial charge in [0.25, 0.3) is 0 Å². The number of rotatable bonds is 3. The van der Waals surface area contributed by atoms with Gasteiger partial charge in [0.1, 0.15) is 11.4 Å². The smallest absolute Gasteiger partial charge is 0.212 e. The number of anilines is 1. The van der Waals surface area contributed by atoms with Gasteiger partial charge in [-0.05, 0) is 13.0 Å². The summed E-state index contributed by atoms with van der Waals surface area (Å²) in [6.45, 7) is 1.70. The highest BCUT2D eigenvalue weighted by Crippen LogP contribution is 2.33. The Balaban J connectivity index is 2.56. The molecule has 5 nitrogen and oxygen atoms in total. The van der Waals surface area contributed by atoms with E-state index in [4.69, 9.17) is 15.2 Å². The molecule has 0 atom stereocenters. The van der Waals surface area contributed by atoms with Crippen molar-refractivity contribution in [2.75, 3.05) is 20.0 Å². The largest absolute Gasteiger partial charge is 0.493 e. The summed E-state index contributed by atoms with van der Waals surface area (Å²) in [5.41, 5.74) is 6.84. The third kappa shape index (κ3) is 2.29. The van der Waals surface area contributed by atoms with E-state index in [1.807, 2.05) is 0 Å². The number of hydrogen-bond donors (Lipinski definition) is 1. The van der Waals surface area contributed by atoms with Gasteiger partial charge in [0.15, 0.2) is 11.6 Å². The lowest BCUT2D eigenvalue weighted by Gasteiger charge is -2.12. The topological polar surface area (TPSA) is 70.3 Å². The molecule has 0 aliphatic heterocycles. The Morgan fingerprint density at radius 3 is 2.47 bits per heavy atom. The molecule has 0 aliphatic rings. The Labute approximate surface area is 110 Å². The third-order valence-corrected chi connectivity index (χ3v) is 2.72. The molecule has 0 bridgehead atoms. The Hall–Kier alpha value is -2.37. The molecule has 0 aromatic carbocycles. The highest BCUT2D eigenvalue weighted by molar-refractivity contribution is 5.69. The summed E-state index contributed by atoms with van der Waals surface area (Å²) in [5.74, 6) is 0.0829. The van der Waals surface area contributed by atoms with Crippen LogP contribution in [-0.2, 0) is 0 Å². The molecule has 0 unspecified atom stereocenters. The van der Waals surface area contributed by atoms with Crippen molar-refractivity contribution < 1.29 is 13.9 Å². The van der Waals surface area contributed by atoms with Gasteiger partial charge in [-0.1, -0.05) is 0 Å². The van der Waals surface area contributed by atoms with Gasteiger partial charge in [-0.2, -0.15) is 0 Å². The van der Waals surface area contributed by atoms with Crippen molar-refractivity contribution in [3.63, 3.8) is 0 Å². The molecule has 0 saturated carbocycles. The van der Waals surface area contributed by atoms with Crippen LogP contribution < -0.4 is 15.2 Å². The molecule has 2 aromatic heterocycles. The average molecular weight is 263 g/mol. The van der Waals surface area contributed by atoms with E-state index < -0.39 is 5.82 Å². The van der Waals surface area contributed by atoms with Crippen molar-refractivity contribution in [3.05, 3.63) is 29.8 Å². The van der Waals surface area contributed by atoms with Crippen LogP contribution in [0.2, 0.25) is 0 Å². The lowest BCUT2D eigenvalue weighted by molar-refractivity contribution is 0.398. The maximum Gasteiger partial charge on any atom is 0.212 e. The van der Waals surface area contributed by atoms with E-state index >= 15 is 0 Å². The fourth-order valence-electron chi connectivity index (χ4n) is 1.78. The highest BCUT2D eigenvalue weighted by Gasteiger charge is 2.17. The van der Waals surface area contributed by atoms with Gasteiger partial charge in [0.05, 0.1) is 19.9 Å². The fourth-order valence-corrected chi connectivity index (χ4v) is 1.78. The quantitative estimate of drug-likeness (QED) is 0.919. The summed E-state index contributed by atoms with van der Waals surface area (Å²) in [4.78, 5) is 8.18. The van der Waals surface area contributed by atoms with E-state index in [0.717, 1.165) is 0 Å². The zero-order chi connectivity index (χ0) is 14.0. The minimum atomic E-state index is -0.616. The van der Waals surface area contributed by atoms with Crippen LogP contribution in [-0.4, -0.2) is 24.2 Å². The molecule has 0 radical (unpaired) electrons. The Bertz CT molecular complexity index is 600. The number of nitrogen functional groups attached to an aromatic ring is 1. The molecule has 19 heavy (non-hydrogen) atoms.